The number of aryl methyl sites for hydroxylation is 2. The van der Waals surface area contributed by atoms with E-state index in [9.17, 15) is 4.79 Å². The Kier molecular flexibility index (Phi) is 7.41. The summed E-state index contributed by atoms with van der Waals surface area (Å²) in [7, 11) is 0. The first-order chi connectivity index (χ1) is 14.5. The summed E-state index contributed by atoms with van der Waals surface area (Å²) in [6, 6.07) is 23.2. The number of hydrogen-bond donors (Lipinski definition) is 1. The number of allylic oxidation sites excluding steroid dienone is 1. The van der Waals surface area contributed by atoms with Gasteiger partial charge in [-0.3, -0.25) is 4.79 Å². The summed E-state index contributed by atoms with van der Waals surface area (Å²) in [4.78, 5) is 12.3. The second kappa shape index (κ2) is 10.4. The molecule has 0 saturated carbocycles. The molecule has 0 bridgehead atoms. The molecule has 3 aromatic rings. The highest BCUT2D eigenvalue weighted by atomic mass is 35.5. The third-order valence-corrected chi connectivity index (χ3v) is 4.98. The molecule has 0 aliphatic heterocycles. The Morgan fingerprint density at radius 3 is 2.23 bits per heavy atom. The largest absolute Gasteiger partial charge is 0.484 e. The van der Waals surface area contributed by atoms with Crippen molar-refractivity contribution in [1.29, 1.82) is 0 Å². The molecule has 5 heteroatoms. The highest BCUT2D eigenvalue weighted by Gasteiger charge is 2.07. The third-order valence-electron chi connectivity index (χ3n) is 4.38. The summed E-state index contributed by atoms with van der Waals surface area (Å²) in [5.74, 6) is 0.252. The molecule has 0 spiro atoms. The number of hydrazone groups is 1. The van der Waals surface area contributed by atoms with Crippen LogP contribution in [0.2, 0.25) is 5.02 Å². The Hall–Kier alpha value is -3.37. The number of ether oxygens (including phenoxy) is 1. The van der Waals surface area contributed by atoms with Crippen LogP contribution in [0.4, 0.5) is 0 Å². The molecular weight excluding hydrogens is 396 g/mol. The molecular formula is C25H23ClN2O2. The number of nitrogens with one attached hydrogen (secondary N) is 1. The second-order valence-corrected chi connectivity index (χ2v) is 7.18. The molecule has 30 heavy (non-hydrogen) atoms. The number of rotatable bonds is 7. The van der Waals surface area contributed by atoms with Gasteiger partial charge >= 0.3 is 0 Å². The van der Waals surface area contributed by atoms with Crippen molar-refractivity contribution in [3.63, 3.8) is 0 Å². The van der Waals surface area contributed by atoms with Crippen LogP contribution in [-0.4, -0.2) is 18.2 Å². The summed E-state index contributed by atoms with van der Waals surface area (Å²) >= 11 is 6.17. The molecule has 0 unspecified atom stereocenters. The smallest absolute Gasteiger partial charge is 0.277 e. The molecule has 1 amide bonds. The minimum Gasteiger partial charge on any atom is -0.484 e. The fourth-order valence-electron chi connectivity index (χ4n) is 2.84. The molecule has 0 atom stereocenters. The number of carbonyl (C=O) groups excluding carboxylic acids is 1. The van der Waals surface area contributed by atoms with E-state index in [0.29, 0.717) is 16.5 Å². The Bertz CT molecular complexity index is 1040. The summed E-state index contributed by atoms with van der Waals surface area (Å²) in [5, 5.41) is 5.00. The van der Waals surface area contributed by atoms with Gasteiger partial charge in [-0.25, -0.2) is 5.43 Å². The SMILES string of the molecule is Cc1cc(OCC(=O)N/N=C(/C=C/c2ccccc2)c2ccccc2)cc(C)c1Cl. The van der Waals surface area contributed by atoms with Crippen LogP contribution in [0.25, 0.3) is 6.08 Å². The molecule has 0 radical (unpaired) electrons. The van der Waals surface area contributed by atoms with Crippen LogP contribution in [0.5, 0.6) is 5.75 Å². The predicted octanol–water partition coefficient (Wildman–Crippen LogP) is 5.57. The van der Waals surface area contributed by atoms with Gasteiger partial charge in [-0.15, -0.1) is 0 Å². The van der Waals surface area contributed by atoms with Gasteiger partial charge in [-0.1, -0.05) is 78.3 Å². The highest BCUT2D eigenvalue weighted by Crippen LogP contribution is 2.25. The maximum absolute atomic E-state index is 12.3. The maximum Gasteiger partial charge on any atom is 0.277 e. The van der Waals surface area contributed by atoms with Crippen molar-refractivity contribution < 1.29 is 9.53 Å². The molecule has 0 fully saturated rings. The van der Waals surface area contributed by atoms with Crippen LogP contribution in [0.3, 0.4) is 0 Å². The third kappa shape index (κ3) is 6.06. The first-order valence-electron chi connectivity index (χ1n) is 9.57. The minimum absolute atomic E-state index is 0.144. The molecule has 0 aliphatic carbocycles. The van der Waals surface area contributed by atoms with Crippen molar-refractivity contribution in [1.82, 2.24) is 5.43 Å². The van der Waals surface area contributed by atoms with Crippen molar-refractivity contribution in [2.24, 2.45) is 5.10 Å². The first-order valence-corrected chi connectivity index (χ1v) is 9.95. The van der Waals surface area contributed by atoms with Crippen LogP contribution < -0.4 is 10.2 Å². The van der Waals surface area contributed by atoms with E-state index in [4.69, 9.17) is 16.3 Å². The predicted molar refractivity (Wildman–Crippen MR) is 123 cm³/mol. The molecule has 0 aromatic heterocycles. The average molecular weight is 419 g/mol. The zero-order valence-corrected chi connectivity index (χ0v) is 17.7. The van der Waals surface area contributed by atoms with E-state index < -0.39 is 0 Å². The van der Waals surface area contributed by atoms with E-state index in [0.717, 1.165) is 22.3 Å². The van der Waals surface area contributed by atoms with Gasteiger partial charge in [-0.2, -0.15) is 5.10 Å². The Morgan fingerprint density at radius 2 is 1.60 bits per heavy atom. The maximum atomic E-state index is 12.3. The van der Waals surface area contributed by atoms with Gasteiger partial charge in [0.2, 0.25) is 0 Å². The molecule has 4 nitrogen and oxygen atoms in total. The van der Waals surface area contributed by atoms with Crippen LogP contribution in [-0.2, 0) is 4.79 Å². The van der Waals surface area contributed by atoms with Crippen molar-refractivity contribution in [2.75, 3.05) is 6.61 Å². The van der Waals surface area contributed by atoms with E-state index in [1.54, 1.807) is 0 Å². The molecule has 0 saturated heterocycles. The van der Waals surface area contributed by atoms with Crippen molar-refractivity contribution in [3.05, 3.63) is 106 Å². The lowest BCUT2D eigenvalue weighted by molar-refractivity contribution is -0.123. The molecule has 0 aliphatic rings. The lowest BCUT2D eigenvalue weighted by atomic mass is 10.1. The van der Waals surface area contributed by atoms with Crippen molar-refractivity contribution >= 4 is 29.3 Å². The lowest BCUT2D eigenvalue weighted by Crippen LogP contribution is -2.25. The van der Waals surface area contributed by atoms with Crippen LogP contribution in [0.1, 0.15) is 22.3 Å². The number of carbonyl (C=O) groups is 1. The van der Waals surface area contributed by atoms with Gasteiger partial charge in [-0.05, 0) is 48.7 Å². The molecule has 3 aromatic carbocycles. The summed E-state index contributed by atoms with van der Waals surface area (Å²) in [6.07, 6.45) is 3.82. The summed E-state index contributed by atoms with van der Waals surface area (Å²) in [5.41, 5.74) is 6.97. The van der Waals surface area contributed by atoms with E-state index >= 15 is 0 Å². The van der Waals surface area contributed by atoms with Crippen molar-refractivity contribution in [2.45, 2.75) is 13.8 Å². The lowest BCUT2D eigenvalue weighted by Gasteiger charge is -2.09. The first kappa shape index (κ1) is 21.3. The Labute approximate surface area is 181 Å². The van der Waals surface area contributed by atoms with E-state index in [-0.39, 0.29) is 12.5 Å². The van der Waals surface area contributed by atoms with E-state index in [1.165, 1.54) is 0 Å². The number of benzene rings is 3. The fraction of sp³-hybridized carbons (Fsp3) is 0.120. The number of hydrogen-bond acceptors (Lipinski definition) is 3. The number of halogens is 1. The van der Waals surface area contributed by atoms with Gasteiger partial charge in [0.15, 0.2) is 6.61 Å². The van der Waals surface area contributed by atoms with Crippen LogP contribution >= 0.6 is 11.6 Å². The van der Waals surface area contributed by atoms with E-state index in [1.807, 2.05) is 98.8 Å². The van der Waals surface area contributed by atoms with Crippen LogP contribution in [0.15, 0.2) is 84.0 Å². The van der Waals surface area contributed by atoms with E-state index in [2.05, 4.69) is 10.5 Å². The van der Waals surface area contributed by atoms with Gasteiger partial charge in [0.1, 0.15) is 5.75 Å². The quantitative estimate of drug-likeness (QED) is 0.403. The average Bonchev–Trinajstić information content (AvgIpc) is 2.77. The van der Waals surface area contributed by atoms with Gasteiger partial charge in [0, 0.05) is 10.6 Å². The second-order valence-electron chi connectivity index (χ2n) is 6.80. The molecule has 1 N–H and O–H groups in total. The zero-order valence-electron chi connectivity index (χ0n) is 16.9. The zero-order chi connectivity index (χ0) is 21.3. The monoisotopic (exact) mass is 418 g/mol. The van der Waals surface area contributed by atoms with Crippen LogP contribution in [0, 0.1) is 13.8 Å². The Balaban J connectivity index is 1.69. The normalized spacial score (nSPS) is 11.5. The van der Waals surface area contributed by atoms with Crippen molar-refractivity contribution in [3.8, 4) is 5.75 Å². The molecule has 3 rings (SSSR count). The molecule has 0 heterocycles. The number of amides is 1. The Morgan fingerprint density at radius 1 is 1.00 bits per heavy atom. The summed E-state index contributed by atoms with van der Waals surface area (Å²) < 4.78 is 5.59. The number of nitrogens with zero attached hydrogens (tertiary/aromatic N) is 1. The standard InChI is InChI=1S/C25H23ClN2O2/c1-18-15-22(16-19(2)25(18)26)30-17-24(29)28-27-23(21-11-7-4-8-12-21)14-13-20-9-5-3-6-10-20/h3-16H,17H2,1-2H3,(H,28,29)/b14-13+,27-23-. The van der Waals surface area contributed by atoms with Gasteiger partial charge < -0.3 is 4.74 Å². The van der Waals surface area contributed by atoms with Gasteiger partial charge in [0.25, 0.3) is 5.91 Å². The fourth-order valence-corrected chi connectivity index (χ4v) is 2.95. The minimum atomic E-state index is -0.346. The van der Waals surface area contributed by atoms with Gasteiger partial charge in [0.05, 0.1) is 5.71 Å². The summed E-state index contributed by atoms with van der Waals surface area (Å²) in [6.45, 7) is 3.66. The topological polar surface area (TPSA) is 50.7 Å². The highest BCUT2D eigenvalue weighted by molar-refractivity contribution is 6.32. The molecule has 152 valence electrons.